The molecule has 1 heteroatoms. The van der Waals surface area contributed by atoms with E-state index in [1.165, 1.54) is 25.7 Å². The summed E-state index contributed by atoms with van der Waals surface area (Å²) in [7, 11) is 0. The van der Waals surface area contributed by atoms with Gasteiger partial charge in [-0.15, -0.1) is 0 Å². The van der Waals surface area contributed by atoms with Gasteiger partial charge in [-0.3, -0.25) is 0 Å². The first-order chi connectivity index (χ1) is 4.93. The van der Waals surface area contributed by atoms with Crippen LogP contribution in [0, 0.1) is 17.8 Å². The molecule has 0 N–H and O–H groups in total. The molecule has 2 aliphatic carbocycles. The Bertz CT molecular complexity index is 139. The maximum Gasteiger partial charge on any atom is -0.0163 e. The number of halogens is 1. The molecular weight excluding hydrogens is 188 g/mol. The lowest BCUT2D eigenvalue weighted by atomic mass is 10.0. The van der Waals surface area contributed by atoms with Gasteiger partial charge in [0, 0.05) is 0 Å². The van der Waals surface area contributed by atoms with Crippen molar-refractivity contribution in [2.24, 2.45) is 17.8 Å². The predicted octanol–water partition coefficient (Wildman–Crippen LogP) is 3.33. The first-order valence-corrected chi connectivity index (χ1v) is 5.12. The zero-order valence-electron chi connectivity index (χ0n) is 6.09. The van der Waals surface area contributed by atoms with Gasteiger partial charge < -0.3 is 0 Å². The van der Waals surface area contributed by atoms with E-state index in [0.29, 0.717) is 0 Å². The molecule has 0 amide bonds. The van der Waals surface area contributed by atoms with Gasteiger partial charge in [0.1, 0.15) is 0 Å². The Morgan fingerprint density at radius 2 is 1.70 bits per heavy atom. The van der Waals surface area contributed by atoms with Gasteiger partial charge in [-0.1, -0.05) is 34.8 Å². The zero-order valence-corrected chi connectivity index (χ0v) is 7.68. The molecular formula is C9H13Br. The maximum atomic E-state index is 3.34. The Hall–Kier alpha value is 0.220. The van der Waals surface area contributed by atoms with E-state index in [1.807, 2.05) is 4.99 Å². The second-order valence-corrected chi connectivity index (χ2v) is 4.04. The third-order valence-corrected chi connectivity index (χ3v) is 3.32. The topological polar surface area (TPSA) is 0 Å². The van der Waals surface area contributed by atoms with Crippen molar-refractivity contribution >= 4 is 15.9 Å². The minimum Gasteiger partial charge on any atom is -0.0739 e. The SMILES string of the molecule is Br/C=C/C1C2CCCCC12. The second-order valence-electron chi connectivity index (χ2n) is 3.51. The van der Waals surface area contributed by atoms with Gasteiger partial charge in [0.15, 0.2) is 0 Å². The molecule has 2 rings (SSSR count). The molecule has 0 heterocycles. The van der Waals surface area contributed by atoms with Crippen molar-refractivity contribution in [3.63, 3.8) is 0 Å². The lowest BCUT2D eigenvalue weighted by Gasteiger charge is -2.04. The summed E-state index contributed by atoms with van der Waals surface area (Å²) >= 11 is 3.34. The van der Waals surface area contributed by atoms with Crippen molar-refractivity contribution < 1.29 is 0 Å². The van der Waals surface area contributed by atoms with Crippen LogP contribution in [0.4, 0.5) is 0 Å². The van der Waals surface area contributed by atoms with E-state index in [2.05, 4.69) is 22.0 Å². The van der Waals surface area contributed by atoms with Gasteiger partial charge in [-0.25, -0.2) is 0 Å². The maximum absolute atomic E-state index is 3.34. The van der Waals surface area contributed by atoms with Gasteiger partial charge in [-0.2, -0.15) is 0 Å². The molecule has 0 radical (unpaired) electrons. The molecule has 0 aromatic rings. The minimum absolute atomic E-state index is 0.946. The van der Waals surface area contributed by atoms with Crippen molar-refractivity contribution in [2.75, 3.05) is 0 Å². The summed E-state index contributed by atoms with van der Waals surface area (Å²) in [6, 6.07) is 0. The molecule has 0 spiro atoms. The lowest BCUT2D eigenvalue weighted by molar-refractivity contribution is 0.480. The molecule has 0 nitrogen and oxygen atoms in total. The van der Waals surface area contributed by atoms with E-state index in [9.17, 15) is 0 Å². The molecule has 56 valence electrons. The molecule has 0 aromatic carbocycles. The zero-order chi connectivity index (χ0) is 6.97. The molecule has 0 aromatic heterocycles. The molecule has 2 aliphatic rings. The summed E-state index contributed by atoms with van der Waals surface area (Å²) < 4.78 is 0. The van der Waals surface area contributed by atoms with Gasteiger partial charge in [0.05, 0.1) is 0 Å². The van der Waals surface area contributed by atoms with E-state index >= 15 is 0 Å². The van der Waals surface area contributed by atoms with Crippen LogP contribution in [0.1, 0.15) is 25.7 Å². The van der Waals surface area contributed by atoms with E-state index in [-0.39, 0.29) is 0 Å². The molecule has 10 heavy (non-hydrogen) atoms. The summed E-state index contributed by atoms with van der Waals surface area (Å²) in [4.78, 5) is 2.04. The fourth-order valence-electron chi connectivity index (χ4n) is 2.42. The van der Waals surface area contributed by atoms with E-state index < -0.39 is 0 Å². The van der Waals surface area contributed by atoms with E-state index in [0.717, 1.165) is 17.8 Å². The third kappa shape index (κ3) is 1.05. The van der Waals surface area contributed by atoms with E-state index in [4.69, 9.17) is 0 Å². The van der Waals surface area contributed by atoms with Crippen molar-refractivity contribution in [1.82, 2.24) is 0 Å². The normalized spacial score (nSPS) is 45.5. The summed E-state index contributed by atoms with van der Waals surface area (Å²) in [5, 5.41) is 0. The minimum atomic E-state index is 0.946. The quantitative estimate of drug-likeness (QED) is 0.610. The average Bonchev–Trinajstić information content (AvgIpc) is 2.66. The van der Waals surface area contributed by atoms with Crippen LogP contribution in [0.15, 0.2) is 11.1 Å². The predicted molar refractivity (Wildman–Crippen MR) is 47.0 cm³/mol. The Kier molecular flexibility index (Phi) is 1.86. The number of allylic oxidation sites excluding steroid dienone is 1. The molecule has 2 atom stereocenters. The van der Waals surface area contributed by atoms with Crippen LogP contribution in [0.3, 0.4) is 0 Å². The highest BCUT2D eigenvalue weighted by molar-refractivity contribution is 9.11. The third-order valence-electron chi connectivity index (χ3n) is 3.02. The van der Waals surface area contributed by atoms with Crippen molar-refractivity contribution in [2.45, 2.75) is 25.7 Å². The van der Waals surface area contributed by atoms with Crippen LogP contribution in [-0.4, -0.2) is 0 Å². The Balaban J connectivity index is 1.93. The molecule has 0 bridgehead atoms. The number of rotatable bonds is 1. The Morgan fingerprint density at radius 3 is 2.20 bits per heavy atom. The first kappa shape index (κ1) is 6.90. The fourth-order valence-corrected chi connectivity index (χ4v) is 2.77. The number of fused-ring (bicyclic) bond motifs is 1. The molecule has 2 unspecified atom stereocenters. The summed E-state index contributed by atoms with van der Waals surface area (Å²) in [5.74, 6) is 3.09. The lowest BCUT2D eigenvalue weighted by Crippen LogP contribution is -1.91. The van der Waals surface area contributed by atoms with Crippen LogP contribution in [0.25, 0.3) is 0 Å². The highest BCUT2D eigenvalue weighted by Gasteiger charge is 2.48. The number of hydrogen-bond acceptors (Lipinski definition) is 0. The monoisotopic (exact) mass is 200 g/mol. The standard InChI is InChI=1S/C9H13Br/c10-6-5-9-7-3-1-2-4-8(7)9/h5-9H,1-4H2/b6-5+. The first-order valence-electron chi connectivity index (χ1n) is 4.20. The van der Waals surface area contributed by atoms with Gasteiger partial charge in [0.2, 0.25) is 0 Å². The van der Waals surface area contributed by atoms with Crippen molar-refractivity contribution in [3.05, 3.63) is 11.1 Å². The Morgan fingerprint density at radius 1 is 1.10 bits per heavy atom. The molecule has 0 saturated heterocycles. The van der Waals surface area contributed by atoms with Gasteiger partial charge >= 0.3 is 0 Å². The Labute approximate surface area is 70.8 Å². The smallest absolute Gasteiger partial charge is 0.0163 e. The molecule has 2 fully saturated rings. The summed E-state index contributed by atoms with van der Waals surface area (Å²) in [6.07, 6.45) is 8.28. The summed E-state index contributed by atoms with van der Waals surface area (Å²) in [6.45, 7) is 0. The van der Waals surface area contributed by atoms with Crippen LogP contribution >= 0.6 is 15.9 Å². The van der Waals surface area contributed by atoms with Crippen LogP contribution in [-0.2, 0) is 0 Å². The van der Waals surface area contributed by atoms with Crippen molar-refractivity contribution in [3.8, 4) is 0 Å². The highest BCUT2D eigenvalue weighted by atomic mass is 79.9. The van der Waals surface area contributed by atoms with E-state index in [1.54, 1.807) is 0 Å². The van der Waals surface area contributed by atoms with Crippen LogP contribution in [0.5, 0.6) is 0 Å². The largest absolute Gasteiger partial charge is 0.0739 e. The molecule has 2 saturated carbocycles. The highest BCUT2D eigenvalue weighted by Crippen LogP contribution is 2.56. The van der Waals surface area contributed by atoms with Crippen molar-refractivity contribution in [1.29, 1.82) is 0 Å². The van der Waals surface area contributed by atoms with Gasteiger partial charge in [0.25, 0.3) is 0 Å². The van der Waals surface area contributed by atoms with Gasteiger partial charge in [-0.05, 0) is 35.6 Å². The second kappa shape index (κ2) is 2.69. The summed E-state index contributed by atoms with van der Waals surface area (Å²) in [5.41, 5.74) is 0. The molecule has 0 aliphatic heterocycles. The van der Waals surface area contributed by atoms with Crippen LogP contribution in [0.2, 0.25) is 0 Å². The number of hydrogen-bond donors (Lipinski definition) is 0. The average molecular weight is 201 g/mol. The fraction of sp³-hybridized carbons (Fsp3) is 0.778. The van der Waals surface area contributed by atoms with Crippen LogP contribution < -0.4 is 0 Å².